The standard InChI is InChI=1S/C16H20N4O2/c1-4-11(5-2)10-17-18-15(21)14-12-8-6-7-9-13(12)16(22)20(3)19-14/h6-11H,4-5H2,1-3H3,(H,18,21)/b17-10-. The quantitative estimate of drug-likeness (QED) is 0.678. The molecule has 6 heteroatoms. The molecular weight excluding hydrogens is 280 g/mol. The minimum absolute atomic E-state index is 0.194. The number of carbonyl (C=O) groups excluding carboxylic acids is 1. The number of hydrazone groups is 1. The summed E-state index contributed by atoms with van der Waals surface area (Å²) in [5, 5.41) is 9.05. The van der Waals surface area contributed by atoms with Crippen LogP contribution in [0.4, 0.5) is 0 Å². The summed E-state index contributed by atoms with van der Waals surface area (Å²) in [6.45, 7) is 4.15. The van der Waals surface area contributed by atoms with Crippen LogP contribution in [0.25, 0.3) is 10.8 Å². The van der Waals surface area contributed by atoms with E-state index in [9.17, 15) is 9.59 Å². The summed E-state index contributed by atoms with van der Waals surface area (Å²) in [6.07, 6.45) is 3.68. The van der Waals surface area contributed by atoms with Crippen LogP contribution in [0.2, 0.25) is 0 Å². The van der Waals surface area contributed by atoms with Gasteiger partial charge in [-0.1, -0.05) is 32.0 Å². The molecule has 0 aliphatic heterocycles. The van der Waals surface area contributed by atoms with Gasteiger partial charge in [-0.25, -0.2) is 10.1 Å². The fourth-order valence-corrected chi connectivity index (χ4v) is 2.22. The number of nitrogens with zero attached hydrogens (tertiary/aromatic N) is 3. The Hall–Kier alpha value is -2.50. The zero-order valence-electron chi connectivity index (χ0n) is 13.0. The van der Waals surface area contributed by atoms with Gasteiger partial charge in [0.15, 0.2) is 5.69 Å². The van der Waals surface area contributed by atoms with Crippen LogP contribution in [-0.2, 0) is 7.05 Å². The van der Waals surface area contributed by atoms with Gasteiger partial charge in [0, 0.05) is 18.6 Å². The van der Waals surface area contributed by atoms with E-state index in [2.05, 4.69) is 29.5 Å². The van der Waals surface area contributed by atoms with Crippen LogP contribution in [0.3, 0.4) is 0 Å². The normalized spacial score (nSPS) is 11.5. The lowest BCUT2D eigenvalue weighted by Gasteiger charge is -2.07. The molecule has 2 rings (SSSR count). The highest BCUT2D eigenvalue weighted by molar-refractivity contribution is 6.04. The molecule has 0 spiro atoms. The van der Waals surface area contributed by atoms with Crippen molar-refractivity contribution >= 4 is 22.9 Å². The van der Waals surface area contributed by atoms with E-state index in [1.807, 2.05) is 0 Å². The Morgan fingerprint density at radius 1 is 1.32 bits per heavy atom. The van der Waals surface area contributed by atoms with Gasteiger partial charge in [-0.2, -0.15) is 10.2 Å². The molecule has 6 nitrogen and oxygen atoms in total. The van der Waals surface area contributed by atoms with Gasteiger partial charge in [0.1, 0.15) is 0 Å². The lowest BCUT2D eigenvalue weighted by atomic mass is 10.1. The summed E-state index contributed by atoms with van der Waals surface area (Å²) in [5.74, 6) is -0.0841. The van der Waals surface area contributed by atoms with Gasteiger partial charge in [-0.15, -0.1) is 0 Å². The Morgan fingerprint density at radius 3 is 2.59 bits per heavy atom. The number of hydrogen-bond acceptors (Lipinski definition) is 4. The van der Waals surface area contributed by atoms with Crippen molar-refractivity contribution in [1.29, 1.82) is 0 Å². The van der Waals surface area contributed by atoms with Crippen molar-refractivity contribution < 1.29 is 4.79 Å². The Kier molecular flexibility index (Phi) is 5.04. The second kappa shape index (κ2) is 6.98. The van der Waals surface area contributed by atoms with Crippen molar-refractivity contribution in [2.45, 2.75) is 26.7 Å². The number of aromatic nitrogens is 2. The number of aryl methyl sites for hydroxylation is 1. The van der Waals surface area contributed by atoms with E-state index >= 15 is 0 Å². The van der Waals surface area contributed by atoms with Gasteiger partial charge < -0.3 is 0 Å². The molecule has 0 saturated carbocycles. The number of benzene rings is 1. The summed E-state index contributed by atoms with van der Waals surface area (Å²) in [5.41, 5.74) is 2.45. The number of nitrogens with one attached hydrogen (secondary N) is 1. The van der Waals surface area contributed by atoms with E-state index in [0.717, 1.165) is 12.8 Å². The first-order valence-corrected chi connectivity index (χ1v) is 7.38. The van der Waals surface area contributed by atoms with Gasteiger partial charge in [0.2, 0.25) is 0 Å². The van der Waals surface area contributed by atoms with Crippen LogP contribution < -0.4 is 11.0 Å². The highest BCUT2D eigenvalue weighted by atomic mass is 16.2. The Balaban J connectivity index is 2.33. The Morgan fingerprint density at radius 2 is 1.95 bits per heavy atom. The molecule has 1 aromatic heterocycles. The SMILES string of the molecule is CCC(/C=N\NC(=O)c1nn(C)c(=O)c2ccccc12)CC. The average molecular weight is 300 g/mol. The Bertz CT molecular complexity index is 760. The largest absolute Gasteiger partial charge is 0.292 e. The molecule has 0 radical (unpaired) electrons. The molecular formula is C16H20N4O2. The highest BCUT2D eigenvalue weighted by Gasteiger charge is 2.14. The molecule has 1 N–H and O–H groups in total. The molecule has 1 amide bonds. The molecule has 0 aliphatic rings. The van der Waals surface area contributed by atoms with Crippen LogP contribution in [0, 0.1) is 5.92 Å². The fourth-order valence-electron chi connectivity index (χ4n) is 2.22. The zero-order chi connectivity index (χ0) is 16.1. The van der Waals surface area contributed by atoms with E-state index in [1.165, 1.54) is 11.7 Å². The third kappa shape index (κ3) is 3.21. The number of hydrogen-bond donors (Lipinski definition) is 1. The van der Waals surface area contributed by atoms with Crippen molar-refractivity contribution in [2.24, 2.45) is 18.1 Å². The second-order valence-corrected chi connectivity index (χ2v) is 5.12. The van der Waals surface area contributed by atoms with Crippen LogP contribution in [0.5, 0.6) is 0 Å². The van der Waals surface area contributed by atoms with Gasteiger partial charge in [-0.3, -0.25) is 9.59 Å². The van der Waals surface area contributed by atoms with E-state index in [1.54, 1.807) is 30.5 Å². The summed E-state index contributed by atoms with van der Waals surface area (Å²) in [6, 6.07) is 6.93. The lowest BCUT2D eigenvalue weighted by Crippen LogP contribution is -2.27. The van der Waals surface area contributed by atoms with Crippen molar-refractivity contribution in [2.75, 3.05) is 0 Å². The van der Waals surface area contributed by atoms with Crippen LogP contribution in [0.1, 0.15) is 37.2 Å². The molecule has 0 bridgehead atoms. The molecule has 0 saturated heterocycles. The molecule has 22 heavy (non-hydrogen) atoms. The monoisotopic (exact) mass is 300 g/mol. The van der Waals surface area contributed by atoms with E-state index < -0.39 is 5.91 Å². The number of rotatable bonds is 5. The minimum Gasteiger partial charge on any atom is -0.267 e. The van der Waals surface area contributed by atoms with Gasteiger partial charge in [-0.05, 0) is 24.8 Å². The van der Waals surface area contributed by atoms with Crippen molar-refractivity contribution in [3.05, 3.63) is 40.3 Å². The van der Waals surface area contributed by atoms with Crippen LogP contribution in [0.15, 0.2) is 34.2 Å². The van der Waals surface area contributed by atoms with Gasteiger partial charge >= 0.3 is 0 Å². The zero-order valence-corrected chi connectivity index (χ0v) is 13.0. The maximum atomic E-state index is 12.3. The number of carbonyl (C=O) groups is 1. The van der Waals surface area contributed by atoms with Crippen molar-refractivity contribution in [3.8, 4) is 0 Å². The summed E-state index contributed by atoms with van der Waals surface area (Å²) >= 11 is 0. The third-order valence-corrected chi connectivity index (χ3v) is 3.67. The molecule has 0 atom stereocenters. The average Bonchev–Trinajstić information content (AvgIpc) is 2.55. The molecule has 116 valence electrons. The fraction of sp³-hybridized carbons (Fsp3) is 0.375. The highest BCUT2D eigenvalue weighted by Crippen LogP contribution is 2.12. The third-order valence-electron chi connectivity index (χ3n) is 3.67. The smallest absolute Gasteiger partial charge is 0.267 e. The maximum absolute atomic E-state index is 12.3. The summed E-state index contributed by atoms with van der Waals surface area (Å²) < 4.78 is 1.17. The van der Waals surface area contributed by atoms with Crippen molar-refractivity contribution in [1.82, 2.24) is 15.2 Å². The molecule has 0 unspecified atom stereocenters. The second-order valence-electron chi connectivity index (χ2n) is 5.12. The predicted octanol–water partition coefficient (Wildman–Crippen LogP) is 2.09. The summed E-state index contributed by atoms with van der Waals surface area (Å²) in [7, 11) is 1.53. The molecule has 1 heterocycles. The first kappa shape index (κ1) is 15.9. The molecule has 2 aromatic rings. The van der Waals surface area contributed by atoms with Gasteiger partial charge in [0.05, 0.1) is 5.39 Å². The number of amides is 1. The van der Waals surface area contributed by atoms with Crippen molar-refractivity contribution in [3.63, 3.8) is 0 Å². The van der Waals surface area contributed by atoms with Crippen LogP contribution in [-0.4, -0.2) is 21.9 Å². The maximum Gasteiger partial charge on any atom is 0.292 e. The number of fused-ring (bicyclic) bond motifs is 1. The van der Waals surface area contributed by atoms with E-state index in [4.69, 9.17) is 0 Å². The Labute approximate surface area is 128 Å². The van der Waals surface area contributed by atoms with E-state index in [-0.39, 0.29) is 11.3 Å². The first-order valence-electron chi connectivity index (χ1n) is 7.38. The van der Waals surface area contributed by atoms with Gasteiger partial charge in [0.25, 0.3) is 11.5 Å². The molecule has 1 aromatic carbocycles. The topological polar surface area (TPSA) is 76.3 Å². The first-order chi connectivity index (χ1) is 10.6. The van der Waals surface area contributed by atoms with Crippen LogP contribution >= 0.6 is 0 Å². The molecule has 0 aliphatic carbocycles. The lowest BCUT2D eigenvalue weighted by molar-refractivity contribution is 0.0949. The predicted molar refractivity (Wildman–Crippen MR) is 87.0 cm³/mol. The minimum atomic E-state index is -0.422. The van der Waals surface area contributed by atoms with E-state index in [0.29, 0.717) is 16.7 Å². The summed E-state index contributed by atoms with van der Waals surface area (Å²) in [4.78, 5) is 24.3. The molecule has 0 fully saturated rings.